The summed E-state index contributed by atoms with van der Waals surface area (Å²) < 4.78 is 6.33. The van der Waals surface area contributed by atoms with Crippen molar-refractivity contribution < 1.29 is 9.53 Å². The van der Waals surface area contributed by atoms with E-state index in [4.69, 9.17) is 10.5 Å². The lowest BCUT2D eigenvalue weighted by Gasteiger charge is -2.03. The summed E-state index contributed by atoms with van der Waals surface area (Å²) in [7, 11) is 0. The summed E-state index contributed by atoms with van der Waals surface area (Å²) in [6.07, 6.45) is 0. The number of anilines is 1. The first-order valence-corrected chi connectivity index (χ1v) is 6.16. The van der Waals surface area contributed by atoms with Crippen molar-refractivity contribution in [2.75, 3.05) is 12.3 Å². The van der Waals surface area contributed by atoms with Crippen molar-refractivity contribution in [1.82, 2.24) is 9.78 Å². The van der Waals surface area contributed by atoms with Crippen molar-refractivity contribution in [3.63, 3.8) is 0 Å². The van der Waals surface area contributed by atoms with Crippen molar-refractivity contribution in [3.05, 3.63) is 35.9 Å². The van der Waals surface area contributed by atoms with Crippen molar-refractivity contribution >= 4 is 11.8 Å². The second-order valence-electron chi connectivity index (χ2n) is 4.28. The second-order valence-corrected chi connectivity index (χ2v) is 4.28. The fourth-order valence-electron chi connectivity index (χ4n) is 1.75. The van der Waals surface area contributed by atoms with Crippen LogP contribution in [0.2, 0.25) is 0 Å². The lowest BCUT2D eigenvalue weighted by Crippen LogP contribution is -2.16. The van der Waals surface area contributed by atoms with Gasteiger partial charge < -0.3 is 10.5 Å². The number of hydrogen-bond acceptors (Lipinski definition) is 4. The number of nitrogen functional groups attached to an aromatic ring is 1. The van der Waals surface area contributed by atoms with E-state index in [1.165, 1.54) is 10.2 Å². The fourth-order valence-corrected chi connectivity index (χ4v) is 1.75. The Labute approximate surface area is 112 Å². The molecule has 2 aromatic rings. The van der Waals surface area contributed by atoms with Crippen LogP contribution in [0, 0.1) is 6.92 Å². The van der Waals surface area contributed by atoms with E-state index in [-0.39, 0.29) is 12.5 Å². The highest BCUT2D eigenvalue weighted by Crippen LogP contribution is 2.20. The van der Waals surface area contributed by atoms with Gasteiger partial charge in [0.1, 0.15) is 12.4 Å². The SMILES string of the molecule is CCOC(=O)Cn1nc(-c2ccc(C)cc2)cc1N. The number of nitrogens with zero attached hydrogens (tertiary/aromatic N) is 2. The van der Waals surface area contributed by atoms with Gasteiger partial charge in [0.25, 0.3) is 0 Å². The minimum absolute atomic E-state index is 0.0333. The van der Waals surface area contributed by atoms with E-state index in [0.29, 0.717) is 12.4 Å². The molecule has 100 valence electrons. The fraction of sp³-hybridized carbons (Fsp3) is 0.286. The summed E-state index contributed by atoms with van der Waals surface area (Å²) >= 11 is 0. The lowest BCUT2D eigenvalue weighted by molar-refractivity contribution is -0.143. The van der Waals surface area contributed by atoms with Gasteiger partial charge in [0.15, 0.2) is 0 Å². The third kappa shape index (κ3) is 3.13. The number of rotatable bonds is 4. The Morgan fingerprint density at radius 3 is 2.68 bits per heavy atom. The largest absolute Gasteiger partial charge is 0.465 e. The molecule has 0 radical (unpaired) electrons. The Kier molecular flexibility index (Phi) is 3.85. The number of carbonyl (C=O) groups is 1. The van der Waals surface area contributed by atoms with Gasteiger partial charge in [-0.05, 0) is 13.8 Å². The number of carbonyl (C=O) groups excluding carboxylic acids is 1. The van der Waals surface area contributed by atoms with Gasteiger partial charge >= 0.3 is 5.97 Å². The molecule has 5 heteroatoms. The van der Waals surface area contributed by atoms with Crippen molar-refractivity contribution in [2.24, 2.45) is 0 Å². The van der Waals surface area contributed by atoms with Crippen molar-refractivity contribution in [3.8, 4) is 11.3 Å². The Bertz CT molecular complexity index is 573. The van der Waals surface area contributed by atoms with Crippen LogP contribution in [0.15, 0.2) is 30.3 Å². The first-order chi connectivity index (χ1) is 9.10. The topological polar surface area (TPSA) is 70.1 Å². The molecule has 0 saturated heterocycles. The Morgan fingerprint density at radius 2 is 2.05 bits per heavy atom. The molecule has 2 rings (SSSR count). The van der Waals surface area contributed by atoms with E-state index in [9.17, 15) is 4.79 Å². The molecule has 0 saturated carbocycles. The van der Waals surface area contributed by atoms with E-state index in [1.807, 2.05) is 31.2 Å². The molecule has 0 bridgehead atoms. The monoisotopic (exact) mass is 259 g/mol. The van der Waals surface area contributed by atoms with Crippen LogP contribution in [0.4, 0.5) is 5.82 Å². The zero-order chi connectivity index (χ0) is 13.8. The number of aryl methyl sites for hydroxylation is 1. The van der Waals surface area contributed by atoms with Gasteiger partial charge in [-0.1, -0.05) is 29.8 Å². The van der Waals surface area contributed by atoms with E-state index >= 15 is 0 Å². The molecule has 0 spiro atoms. The molecule has 2 N–H and O–H groups in total. The Morgan fingerprint density at radius 1 is 1.37 bits per heavy atom. The van der Waals surface area contributed by atoms with Gasteiger partial charge in [-0.3, -0.25) is 4.79 Å². The molecule has 1 aromatic heterocycles. The van der Waals surface area contributed by atoms with E-state index < -0.39 is 0 Å². The lowest BCUT2D eigenvalue weighted by atomic mass is 10.1. The molecular formula is C14H17N3O2. The van der Waals surface area contributed by atoms with E-state index in [2.05, 4.69) is 5.10 Å². The molecule has 0 atom stereocenters. The molecule has 1 heterocycles. The summed E-state index contributed by atoms with van der Waals surface area (Å²) in [4.78, 5) is 11.4. The maximum atomic E-state index is 11.4. The van der Waals surface area contributed by atoms with Gasteiger partial charge in [0, 0.05) is 11.6 Å². The molecule has 0 unspecified atom stereocenters. The van der Waals surface area contributed by atoms with Gasteiger partial charge in [0.05, 0.1) is 12.3 Å². The molecule has 1 aromatic carbocycles. The highest BCUT2D eigenvalue weighted by atomic mass is 16.5. The van der Waals surface area contributed by atoms with Gasteiger partial charge in [0.2, 0.25) is 0 Å². The van der Waals surface area contributed by atoms with Crippen molar-refractivity contribution in [2.45, 2.75) is 20.4 Å². The maximum Gasteiger partial charge on any atom is 0.327 e. The number of benzene rings is 1. The summed E-state index contributed by atoms with van der Waals surface area (Å²) in [6, 6.07) is 9.73. The van der Waals surface area contributed by atoms with Crippen LogP contribution in [0.5, 0.6) is 0 Å². The number of nitrogens with two attached hydrogens (primary N) is 1. The zero-order valence-corrected chi connectivity index (χ0v) is 11.1. The number of aromatic nitrogens is 2. The highest BCUT2D eigenvalue weighted by Gasteiger charge is 2.10. The third-order valence-corrected chi connectivity index (χ3v) is 2.74. The smallest absolute Gasteiger partial charge is 0.327 e. The third-order valence-electron chi connectivity index (χ3n) is 2.74. The van der Waals surface area contributed by atoms with Crippen LogP contribution >= 0.6 is 0 Å². The molecule has 0 fully saturated rings. The maximum absolute atomic E-state index is 11.4. The minimum Gasteiger partial charge on any atom is -0.465 e. The minimum atomic E-state index is -0.340. The first kappa shape index (κ1) is 13.1. The van der Waals surface area contributed by atoms with Crippen LogP contribution in [0.3, 0.4) is 0 Å². The van der Waals surface area contributed by atoms with Gasteiger partial charge in [-0.15, -0.1) is 0 Å². The summed E-state index contributed by atoms with van der Waals surface area (Å²) in [5, 5.41) is 4.32. The molecule has 0 aliphatic rings. The van der Waals surface area contributed by atoms with E-state index in [1.54, 1.807) is 13.0 Å². The average Bonchev–Trinajstić information content (AvgIpc) is 2.72. The van der Waals surface area contributed by atoms with Crippen LogP contribution in [-0.4, -0.2) is 22.4 Å². The molecule has 0 amide bonds. The summed E-state index contributed by atoms with van der Waals surface area (Å²) in [5.74, 6) is 0.108. The predicted molar refractivity (Wildman–Crippen MR) is 73.4 cm³/mol. The second kappa shape index (κ2) is 5.56. The van der Waals surface area contributed by atoms with Crippen LogP contribution < -0.4 is 5.73 Å². The average molecular weight is 259 g/mol. The Hall–Kier alpha value is -2.30. The van der Waals surface area contributed by atoms with E-state index in [0.717, 1.165) is 11.3 Å². The summed E-state index contributed by atoms with van der Waals surface area (Å²) in [6.45, 7) is 4.18. The molecule has 19 heavy (non-hydrogen) atoms. The zero-order valence-electron chi connectivity index (χ0n) is 11.1. The van der Waals surface area contributed by atoms with Crippen LogP contribution in [0.1, 0.15) is 12.5 Å². The number of hydrogen-bond donors (Lipinski definition) is 1. The molecule has 5 nitrogen and oxygen atoms in total. The number of esters is 1. The first-order valence-electron chi connectivity index (χ1n) is 6.16. The standard InChI is InChI=1S/C14H17N3O2/c1-3-19-14(18)9-17-13(15)8-12(16-17)11-6-4-10(2)5-7-11/h4-8H,3,9,15H2,1-2H3. The normalized spacial score (nSPS) is 10.4. The molecular weight excluding hydrogens is 242 g/mol. The number of ether oxygens (including phenoxy) is 1. The highest BCUT2D eigenvalue weighted by molar-refractivity contribution is 5.70. The van der Waals surface area contributed by atoms with Crippen LogP contribution in [-0.2, 0) is 16.1 Å². The molecule has 0 aliphatic carbocycles. The Balaban J connectivity index is 2.21. The molecule has 0 aliphatic heterocycles. The quantitative estimate of drug-likeness (QED) is 0.853. The van der Waals surface area contributed by atoms with Crippen molar-refractivity contribution in [1.29, 1.82) is 0 Å². The van der Waals surface area contributed by atoms with Crippen LogP contribution in [0.25, 0.3) is 11.3 Å². The predicted octanol–water partition coefficient (Wildman–Crippen LogP) is 2.00. The van der Waals surface area contributed by atoms with Gasteiger partial charge in [-0.25, -0.2) is 4.68 Å². The van der Waals surface area contributed by atoms with Gasteiger partial charge in [-0.2, -0.15) is 5.10 Å². The summed E-state index contributed by atoms with van der Waals surface area (Å²) in [5.41, 5.74) is 8.75.